The Morgan fingerprint density at radius 2 is 0.800 bits per heavy atom. The van der Waals surface area contributed by atoms with Crippen LogP contribution in [-0.2, 0) is 18.5 Å². The van der Waals surface area contributed by atoms with Crippen LogP contribution in [0.1, 0.15) is 16.7 Å². The molecule has 0 spiro atoms. The molecule has 4 N–H and O–H groups in total. The van der Waals surface area contributed by atoms with Crippen LogP contribution in [0.2, 0.25) is 0 Å². The molecule has 40 heavy (non-hydrogen) atoms. The van der Waals surface area contributed by atoms with Gasteiger partial charge in [0.2, 0.25) is 17.5 Å². The Morgan fingerprint density at radius 1 is 0.450 bits per heavy atom. The Labute approximate surface area is 210 Å². The lowest BCUT2D eigenvalue weighted by atomic mass is 10.1. The van der Waals surface area contributed by atoms with Crippen LogP contribution in [0.3, 0.4) is 0 Å². The van der Waals surface area contributed by atoms with Crippen LogP contribution in [0.5, 0.6) is 23.0 Å². The summed E-state index contributed by atoms with van der Waals surface area (Å²) < 4.78 is 215. The topological polar surface area (TPSA) is 70.5 Å². The number of halogens is 15. The third-order valence-electron chi connectivity index (χ3n) is 4.82. The van der Waals surface area contributed by atoms with Gasteiger partial charge in [-0.25, -0.2) is 13.2 Å². The molecule has 0 atom stereocenters. The van der Waals surface area contributed by atoms with Gasteiger partial charge in [-0.3, -0.25) is 0 Å². The van der Waals surface area contributed by atoms with Gasteiger partial charge in [0.1, 0.15) is 22.5 Å². The molecule has 0 bridgehead atoms. The number of ether oxygens (including phenoxy) is 2. The fourth-order valence-electron chi connectivity index (χ4n) is 3.25. The number of rotatable bonds is 4. The molecule has 0 heterocycles. The van der Waals surface area contributed by atoms with Gasteiger partial charge >= 0.3 is 18.5 Å². The Bertz CT molecular complexity index is 1490. The lowest BCUT2D eigenvalue weighted by Gasteiger charge is -2.22. The molecule has 4 nitrogen and oxygen atoms in total. The van der Waals surface area contributed by atoms with Gasteiger partial charge in [0, 0.05) is 18.2 Å². The van der Waals surface area contributed by atoms with E-state index in [1.807, 2.05) is 0 Å². The lowest BCUT2D eigenvalue weighted by molar-refractivity contribution is -0.141. The smallest absolute Gasteiger partial charge is 0.422 e. The fraction of sp³-hybridized carbons (Fsp3) is 0.143. The van der Waals surface area contributed by atoms with E-state index in [0.29, 0.717) is 0 Å². The summed E-state index contributed by atoms with van der Waals surface area (Å²) in [5, 5.41) is 0. The van der Waals surface area contributed by atoms with Crippen molar-refractivity contribution in [1.82, 2.24) is 0 Å². The van der Waals surface area contributed by atoms with Crippen molar-refractivity contribution in [2.45, 2.75) is 18.5 Å². The second-order valence-electron chi connectivity index (χ2n) is 7.50. The largest absolute Gasteiger partial charge is 0.450 e. The highest BCUT2D eigenvalue weighted by molar-refractivity contribution is 5.61. The van der Waals surface area contributed by atoms with Gasteiger partial charge in [0.25, 0.3) is 0 Å². The van der Waals surface area contributed by atoms with E-state index >= 15 is 4.39 Å². The maximum atomic E-state index is 15.2. The first-order chi connectivity index (χ1) is 18.1. The van der Waals surface area contributed by atoms with Gasteiger partial charge in [0.15, 0.2) is 34.6 Å². The van der Waals surface area contributed by atoms with E-state index in [-0.39, 0.29) is 12.1 Å². The molecule has 0 saturated carbocycles. The third-order valence-corrected chi connectivity index (χ3v) is 4.82. The van der Waals surface area contributed by atoms with E-state index in [9.17, 15) is 61.5 Å². The summed E-state index contributed by atoms with van der Waals surface area (Å²) in [6.07, 6.45) is -17.6. The molecule has 0 aliphatic carbocycles. The molecule has 0 amide bonds. The number of hydrogen-bond acceptors (Lipinski definition) is 4. The Balaban J connectivity index is 2.38. The van der Waals surface area contributed by atoms with E-state index in [0.717, 1.165) is 0 Å². The normalized spacial score (nSPS) is 12.6. The maximum Gasteiger partial charge on any atom is 0.422 e. The summed E-state index contributed by atoms with van der Waals surface area (Å²) in [7, 11) is 0. The lowest BCUT2D eigenvalue weighted by Crippen LogP contribution is -2.17. The van der Waals surface area contributed by atoms with Crippen molar-refractivity contribution in [3.8, 4) is 23.0 Å². The van der Waals surface area contributed by atoms with E-state index in [4.69, 9.17) is 11.5 Å². The molecule has 0 aromatic heterocycles. The number of nitrogen functional groups attached to an aromatic ring is 2. The molecule has 218 valence electrons. The van der Waals surface area contributed by atoms with Crippen molar-refractivity contribution in [2.24, 2.45) is 0 Å². The number of hydrogen-bond donors (Lipinski definition) is 2. The van der Waals surface area contributed by atoms with Crippen LogP contribution in [0, 0.1) is 34.9 Å². The zero-order chi connectivity index (χ0) is 30.7. The Kier molecular flexibility index (Phi) is 7.42. The first kappa shape index (κ1) is 30.4. The average Bonchev–Trinajstić information content (AvgIpc) is 2.75. The van der Waals surface area contributed by atoms with Gasteiger partial charge in [-0.05, 0) is 0 Å². The molecule has 0 radical (unpaired) electrons. The summed E-state index contributed by atoms with van der Waals surface area (Å²) in [5.74, 6) is -25.1. The predicted octanol–water partition coefficient (Wildman–Crippen LogP) is 8.33. The highest BCUT2D eigenvalue weighted by Crippen LogP contribution is 2.51. The average molecular weight is 604 g/mol. The Hall–Kier alpha value is -4.19. The summed E-state index contributed by atoms with van der Waals surface area (Å²) in [5.41, 5.74) is -1.18. The van der Waals surface area contributed by atoms with Gasteiger partial charge in [-0.15, -0.1) is 0 Å². The summed E-state index contributed by atoms with van der Waals surface area (Å²) in [6, 6.07) is -1.15. The minimum Gasteiger partial charge on any atom is -0.450 e. The van der Waals surface area contributed by atoms with Gasteiger partial charge in [-0.2, -0.15) is 52.7 Å². The molecule has 3 rings (SSSR count). The number of alkyl halides is 9. The predicted molar refractivity (Wildman–Crippen MR) is 103 cm³/mol. The first-order valence-electron chi connectivity index (χ1n) is 9.71. The molecule has 19 heteroatoms. The summed E-state index contributed by atoms with van der Waals surface area (Å²) in [6.45, 7) is 0. The van der Waals surface area contributed by atoms with Crippen molar-refractivity contribution < 1.29 is 75.3 Å². The van der Waals surface area contributed by atoms with Crippen LogP contribution >= 0.6 is 0 Å². The van der Waals surface area contributed by atoms with Crippen molar-refractivity contribution in [1.29, 1.82) is 0 Å². The van der Waals surface area contributed by atoms with E-state index in [1.165, 1.54) is 0 Å². The van der Waals surface area contributed by atoms with Crippen LogP contribution in [0.4, 0.5) is 77.2 Å². The third kappa shape index (κ3) is 5.44. The molecule has 3 aromatic carbocycles. The summed E-state index contributed by atoms with van der Waals surface area (Å²) in [4.78, 5) is 0. The fourth-order valence-corrected chi connectivity index (χ4v) is 3.25. The molecular weight excluding hydrogens is 597 g/mol. The second-order valence-corrected chi connectivity index (χ2v) is 7.50. The van der Waals surface area contributed by atoms with Crippen LogP contribution in [0.25, 0.3) is 0 Å². The zero-order valence-electron chi connectivity index (χ0n) is 18.4. The van der Waals surface area contributed by atoms with Gasteiger partial charge in [-0.1, -0.05) is 0 Å². The molecule has 0 fully saturated rings. The number of anilines is 2. The highest BCUT2D eigenvalue weighted by atomic mass is 19.4. The molecule has 0 saturated heterocycles. The SMILES string of the molecule is Nc1cc(F)c(F)c(Oc2cc(F)c(C(F)(F)F)c(Oc3c(F)c(F)cc(N)c3C(F)(F)F)c2F)c1C(F)(F)F. The summed E-state index contributed by atoms with van der Waals surface area (Å²) >= 11 is 0. The standard InChI is InChI=1S/C21H7F15N2O2/c22-4-3-9(39-17-11(20(31,32)33)7(37)1-5(23)13(17)25)15(27)16(10(4)19(28,29)30)40-18-12(21(34,35)36)8(38)2-6(24)14(18)26/h1-3H,37-38H2. The molecule has 0 aliphatic heterocycles. The highest BCUT2D eigenvalue weighted by Gasteiger charge is 2.45. The maximum absolute atomic E-state index is 15.2. The molecule has 0 aliphatic rings. The van der Waals surface area contributed by atoms with E-state index < -0.39 is 111 Å². The second kappa shape index (κ2) is 9.77. The Morgan fingerprint density at radius 3 is 1.18 bits per heavy atom. The first-order valence-corrected chi connectivity index (χ1v) is 9.71. The van der Waals surface area contributed by atoms with E-state index in [2.05, 4.69) is 9.47 Å². The molecular formula is C21H7F15N2O2. The zero-order valence-corrected chi connectivity index (χ0v) is 18.4. The van der Waals surface area contributed by atoms with Crippen molar-refractivity contribution in [3.05, 3.63) is 69.8 Å². The monoisotopic (exact) mass is 604 g/mol. The van der Waals surface area contributed by atoms with Crippen LogP contribution in [-0.4, -0.2) is 0 Å². The van der Waals surface area contributed by atoms with Crippen molar-refractivity contribution >= 4 is 11.4 Å². The number of benzene rings is 3. The van der Waals surface area contributed by atoms with Gasteiger partial charge < -0.3 is 20.9 Å². The quantitative estimate of drug-likeness (QED) is 0.232. The van der Waals surface area contributed by atoms with Crippen LogP contribution in [0.15, 0.2) is 18.2 Å². The molecule has 3 aromatic rings. The van der Waals surface area contributed by atoms with E-state index in [1.54, 1.807) is 0 Å². The minimum absolute atomic E-state index is 0.209. The van der Waals surface area contributed by atoms with Crippen molar-refractivity contribution in [2.75, 3.05) is 11.5 Å². The number of nitrogens with two attached hydrogens (primary N) is 2. The van der Waals surface area contributed by atoms with Gasteiger partial charge in [0.05, 0.1) is 11.4 Å². The molecule has 0 unspecified atom stereocenters. The van der Waals surface area contributed by atoms with Crippen molar-refractivity contribution in [3.63, 3.8) is 0 Å². The minimum atomic E-state index is -6.09. The van der Waals surface area contributed by atoms with Crippen LogP contribution < -0.4 is 20.9 Å².